The summed E-state index contributed by atoms with van der Waals surface area (Å²) in [5.74, 6) is 0.828. The van der Waals surface area contributed by atoms with Gasteiger partial charge in [-0.25, -0.2) is 0 Å². The number of fused-ring (bicyclic) bond motifs is 2. The van der Waals surface area contributed by atoms with Crippen molar-refractivity contribution in [2.75, 3.05) is 26.7 Å². The molecule has 12 heavy (non-hydrogen) atoms. The van der Waals surface area contributed by atoms with Crippen LogP contribution < -0.4 is 0 Å². The molecule has 2 bridgehead atoms. The van der Waals surface area contributed by atoms with Crippen molar-refractivity contribution in [2.24, 2.45) is 5.92 Å². The van der Waals surface area contributed by atoms with Crippen LogP contribution in [0, 0.1) is 5.92 Å². The van der Waals surface area contributed by atoms with Gasteiger partial charge in [-0.1, -0.05) is 13.8 Å². The first-order valence-electron chi connectivity index (χ1n) is 5.11. The van der Waals surface area contributed by atoms with Crippen LogP contribution in [0.15, 0.2) is 0 Å². The summed E-state index contributed by atoms with van der Waals surface area (Å²) < 4.78 is 0. The molecular formula is C10H20N2. The molecule has 2 aliphatic heterocycles. The zero-order valence-electron chi connectivity index (χ0n) is 8.45. The van der Waals surface area contributed by atoms with Crippen molar-refractivity contribution in [3.05, 3.63) is 0 Å². The molecule has 70 valence electrons. The molecule has 2 aliphatic rings. The van der Waals surface area contributed by atoms with Crippen LogP contribution in [0.2, 0.25) is 0 Å². The van der Waals surface area contributed by atoms with E-state index in [2.05, 4.69) is 30.7 Å². The van der Waals surface area contributed by atoms with Gasteiger partial charge in [0.15, 0.2) is 0 Å². The lowest BCUT2D eigenvalue weighted by Crippen LogP contribution is -2.45. The van der Waals surface area contributed by atoms with Crippen molar-refractivity contribution >= 4 is 0 Å². The van der Waals surface area contributed by atoms with Gasteiger partial charge < -0.3 is 4.90 Å². The predicted molar refractivity (Wildman–Crippen MR) is 51.2 cm³/mol. The van der Waals surface area contributed by atoms with Gasteiger partial charge in [0, 0.05) is 31.7 Å². The normalized spacial score (nSPS) is 37.0. The molecule has 2 heterocycles. The van der Waals surface area contributed by atoms with Gasteiger partial charge in [0.2, 0.25) is 0 Å². The van der Waals surface area contributed by atoms with E-state index in [0.29, 0.717) is 0 Å². The summed E-state index contributed by atoms with van der Waals surface area (Å²) in [7, 11) is 2.26. The minimum Gasteiger partial charge on any atom is -0.301 e. The Hall–Kier alpha value is -0.0800. The molecular weight excluding hydrogens is 148 g/mol. The van der Waals surface area contributed by atoms with Crippen molar-refractivity contribution in [1.29, 1.82) is 0 Å². The van der Waals surface area contributed by atoms with Crippen LogP contribution in [-0.2, 0) is 0 Å². The summed E-state index contributed by atoms with van der Waals surface area (Å²) in [6, 6.07) is 1.75. The van der Waals surface area contributed by atoms with Gasteiger partial charge in [-0.2, -0.15) is 0 Å². The van der Waals surface area contributed by atoms with Crippen molar-refractivity contribution < 1.29 is 0 Å². The van der Waals surface area contributed by atoms with E-state index in [-0.39, 0.29) is 0 Å². The number of nitrogens with zero attached hydrogens (tertiary/aromatic N) is 2. The van der Waals surface area contributed by atoms with Crippen LogP contribution in [0.3, 0.4) is 0 Å². The summed E-state index contributed by atoms with van der Waals surface area (Å²) >= 11 is 0. The van der Waals surface area contributed by atoms with E-state index >= 15 is 0 Å². The highest BCUT2D eigenvalue weighted by Gasteiger charge is 2.40. The lowest BCUT2D eigenvalue weighted by Gasteiger charge is -2.32. The average molecular weight is 168 g/mol. The number of rotatable bonds is 2. The second-order valence-corrected chi connectivity index (χ2v) is 4.83. The third-order valence-electron chi connectivity index (χ3n) is 3.23. The van der Waals surface area contributed by atoms with Crippen LogP contribution in [0.25, 0.3) is 0 Å². The molecule has 0 aromatic rings. The Labute approximate surface area is 75.5 Å². The Kier molecular flexibility index (Phi) is 2.13. The fourth-order valence-electron chi connectivity index (χ4n) is 2.64. The maximum absolute atomic E-state index is 2.68. The molecule has 2 nitrogen and oxygen atoms in total. The lowest BCUT2D eigenvalue weighted by atomic mass is 10.2. The molecule has 0 N–H and O–H groups in total. The van der Waals surface area contributed by atoms with E-state index < -0.39 is 0 Å². The molecule has 2 rings (SSSR count). The maximum Gasteiger partial charge on any atom is 0.0239 e. The van der Waals surface area contributed by atoms with E-state index in [1.54, 1.807) is 0 Å². The fourth-order valence-corrected chi connectivity index (χ4v) is 2.64. The third kappa shape index (κ3) is 1.38. The van der Waals surface area contributed by atoms with Gasteiger partial charge in [-0.15, -0.1) is 0 Å². The van der Waals surface area contributed by atoms with E-state index in [9.17, 15) is 0 Å². The quantitative estimate of drug-likeness (QED) is 0.607. The van der Waals surface area contributed by atoms with Crippen LogP contribution in [0.5, 0.6) is 0 Å². The van der Waals surface area contributed by atoms with Crippen LogP contribution in [0.4, 0.5) is 0 Å². The average Bonchev–Trinajstić information content (AvgIpc) is 2.44. The van der Waals surface area contributed by atoms with Gasteiger partial charge in [0.25, 0.3) is 0 Å². The van der Waals surface area contributed by atoms with Crippen molar-refractivity contribution in [3.8, 4) is 0 Å². The summed E-state index contributed by atoms with van der Waals surface area (Å²) in [5.41, 5.74) is 0. The van der Waals surface area contributed by atoms with Gasteiger partial charge in [-0.3, -0.25) is 4.90 Å². The Morgan fingerprint density at radius 2 is 2.00 bits per heavy atom. The molecule has 2 heteroatoms. The number of likely N-dealkylation sites (N-methyl/N-ethyl adjacent to an activating group) is 1. The minimum absolute atomic E-state index is 0.828. The van der Waals surface area contributed by atoms with E-state index in [4.69, 9.17) is 0 Å². The van der Waals surface area contributed by atoms with Crippen molar-refractivity contribution in [3.63, 3.8) is 0 Å². The van der Waals surface area contributed by atoms with Gasteiger partial charge in [-0.05, 0) is 19.4 Å². The Morgan fingerprint density at radius 3 is 2.42 bits per heavy atom. The number of likely N-dealkylation sites (tertiary alicyclic amines) is 2. The molecule has 0 spiro atoms. The zero-order chi connectivity index (χ0) is 8.72. The van der Waals surface area contributed by atoms with Crippen molar-refractivity contribution in [2.45, 2.75) is 32.4 Å². The third-order valence-corrected chi connectivity index (χ3v) is 3.23. The predicted octanol–water partition coefficient (Wildman–Crippen LogP) is 1.03. The SMILES string of the molecule is CC(C)CN1CC2CC1CN2C. The Balaban J connectivity index is 1.90. The standard InChI is InChI=1S/C10H20N2/c1-8(2)5-12-7-9-4-10(12)6-11(9)3/h8-10H,4-7H2,1-3H3. The molecule has 2 fully saturated rings. The minimum atomic E-state index is 0.828. The molecule has 2 unspecified atom stereocenters. The summed E-state index contributed by atoms with van der Waals surface area (Å²) in [6.45, 7) is 8.55. The molecule has 0 aromatic carbocycles. The van der Waals surface area contributed by atoms with Gasteiger partial charge in [0.05, 0.1) is 0 Å². The topological polar surface area (TPSA) is 6.48 Å². The van der Waals surface area contributed by atoms with E-state index in [1.165, 1.54) is 26.1 Å². The molecule has 0 aliphatic carbocycles. The summed E-state index contributed by atoms with van der Waals surface area (Å²) in [4.78, 5) is 5.19. The Bertz CT molecular complexity index is 165. The largest absolute Gasteiger partial charge is 0.301 e. The molecule has 0 saturated carbocycles. The summed E-state index contributed by atoms with van der Waals surface area (Å²) in [5, 5.41) is 0. The first-order valence-corrected chi connectivity index (χ1v) is 5.11. The maximum atomic E-state index is 2.68. The molecule has 2 atom stereocenters. The fraction of sp³-hybridized carbons (Fsp3) is 1.00. The second-order valence-electron chi connectivity index (χ2n) is 4.83. The molecule has 2 saturated heterocycles. The highest BCUT2D eigenvalue weighted by molar-refractivity contribution is 4.98. The number of hydrogen-bond acceptors (Lipinski definition) is 2. The monoisotopic (exact) mass is 168 g/mol. The Morgan fingerprint density at radius 1 is 1.25 bits per heavy atom. The number of hydrogen-bond donors (Lipinski definition) is 0. The highest BCUT2D eigenvalue weighted by atomic mass is 15.3. The first kappa shape index (κ1) is 8.52. The van der Waals surface area contributed by atoms with Crippen LogP contribution in [-0.4, -0.2) is 48.6 Å². The van der Waals surface area contributed by atoms with E-state index in [1.807, 2.05) is 0 Å². The lowest BCUT2D eigenvalue weighted by molar-refractivity contribution is 0.137. The zero-order valence-corrected chi connectivity index (χ0v) is 8.45. The van der Waals surface area contributed by atoms with Crippen LogP contribution in [0.1, 0.15) is 20.3 Å². The summed E-state index contributed by atoms with van der Waals surface area (Å²) in [6.07, 6.45) is 1.42. The highest BCUT2D eigenvalue weighted by Crippen LogP contribution is 2.29. The molecule has 0 aromatic heterocycles. The first-order chi connectivity index (χ1) is 5.66. The number of piperazine rings is 1. The molecule has 0 radical (unpaired) electrons. The van der Waals surface area contributed by atoms with E-state index in [0.717, 1.165) is 18.0 Å². The smallest absolute Gasteiger partial charge is 0.0239 e. The van der Waals surface area contributed by atoms with Crippen molar-refractivity contribution in [1.82, 2.24) is 9.80 Å². The van der Waals surface area contributed by atoms with Crippen LogP contribution >= 0.6 is 0 Å². The second kappa shape index (κ2) is 3.00. The van der Waals surface area contributed by atoms with Gasteiger partial charge in [0.1, 0.15) is 0 Å². The van der Waals surface area contributed by atoms with Gasteiger partial charge >= 0.3 is 0 Å². The molecule has 0 amide bonds.